The Morgan fingerprint density at radius 3 is 1.40 bits per heavy atom. The van der Waals surface area contributed by atoms with Gasteiger partial charge < -0.3 is 28.6 Å². The maximum Gasteiger partial charge on any atom is 0.658 e. The van der Waals surface area contributed by atoms with Crippen LogP contribution in [0.1, 0.15) is 0 Å². The molecule has 2 aromatic rings. The summed E-state index contributed by atoms with van der Waals surface area (Å²) in [6, 6.07) is 11.4. The van der Waals surface area contributed by atoms with Crippen LogP contribution in [-0.2, 0) is 0 Å². The van der Waals surface area contributed by atoms with Crippen LogP contribution in [0.4, 0.5) is 11.4 Å². The van der Waals surface area contributed by atoms with Gasteiger partial charge in [-0.2, -0.15) is 0 Å². The van der Waals surface area contributed by atoms with Gasteiger partial charge in [-0.3, -0.25) is 0 Å². The van der Waals surface area contributed by atoms with Crippen LogP contribution in [0, 0.1) is 0 Å². The summed E-state index contributed by atoms with van der Waals surface area (Å²) in [5.74, 6) is 2.41. The fourth-order valence-electron chi connectivity index (χ4n) is 2.39. The minimum atomic E-state index is 0.580. The average Bonchev–Trinajstić information content (AvgIpc) is 2.61. The number of hydrogen-bond acceptors (Lipinski definition) is 6. The summed E-state index contributed by atoms with van der Waals surface area (Å²) >= 11 is 0. The molecule has 0 aromatic heterocycles. The largest absolute Gasteiger partial charge is 0.658 e. The van der Waals surface area contributed by atoms with Crippen LogP contribution in [0.5, 0.6) is 23.0 Å². The van der Waals surface area contributed by atoms with Crippen LogP contribution < -0.4 is 28.6 Å². The first-order valence-electron chi connectivity index (χ1n) is 7.83. The van der Waals surface area contributed by atoms with Gasteiger partial charge >= 0.3 is 7.69 Å². The van der Waals surface area contributed by atoms with E-state index in [4.69, 9.17) is 18.8 Å². The van der Waals surface area contributed by atoms with Gasteiger partial charge in [0.15, 0.2) is 23.0 Å². The Morgan fingerprint density at radius 1 is 0.680 bits per heavy atom. The summed E-state index contributed by atoms with van der Waals surface area (Å²) in [6.07, 6.45) is 0. The van der Waals surface area contributed by atoms with E-state index in [0.29, 0.717) is 23.0 Å². The lowest BCUT2D eigenvalue weighted by Crippen LogP contribution is -2.18. The van der Waals surface area contributed by atoms with Crippen LogP contribution in [0.3, 0.4) is 0 Å². The molecule has 133 valence electrons. The van der Waals surface area contributed by atoms with Crippen molar-refractivity contribution in [1.82, 2.24) is 0 Å². The molecule has 0 spiro atoms. The van der Waals surface area contributed by atoms with Crippen molar-refractivity contribution in [3.8, 4) is 23.0 Å². The standard InChI is InChI=1S/C18H24BN2O4/c1-20(2)13-9-7-11-15(22-5)17(13)24-19-25-18-14(21(3)4)10-8-12-16(18)23-6/h7-12H,1-6H3. The first-order valence-corrected chi connectivity index (χ1v) is 7.83. The topological polar surface area (TPSA) is 43.4 Å². The zero-order chi connectivity index (χ0) is 18.4. The van der Waals surface area contributed by atoms with Crippen LogP contribution in [0.15, 0.2) is 36.4 Å². The molecule has 0 aliphatic carbocycles. The van der Waals surface area contributed by atoms with E-state index in [1.54, 1.807) is 14.2 Å². The Bertz CT molecular complexity index is 648. The highest BCUT2D eigenvalue weighted by atomic mass is 16.6. The van der Waals surface area contributed by atoms with Crippen molar-refractivity contribution in [3.05, 3.63) is 36.4 Å². The monoisotopic (exact) mass is 343 g/mol. The number of ether oxygens (including phenoxy) is 2. The molecule has 0 N–H and O–H groups in total. The molecule has 7 heteroatoms. The van der Waals surface area contributed by atoms with Crippen molar-refractivity contribution >= 4 is 19.1 Å². The number of rotatable bonds is 8. The molecule has 0 saturated heterocycles. The number of anilines is 2. The fourth-order valence-corrected chi connectivity index (χ4v) is 2.39. The lowest BCUT2D eigenvalue weighted by Gasteiger charge is -2.22. The predicted octanol–water partition coefficient (Wildman–Crippen LogP) is 2.83. The molecule has 0 aliphatic heterocycles. The lowest BCUT2D eigenvalue weighted by atomic mass is 10.2. The minimum Gasteiger partial charge on any atom is -0.522 e. The van der Waals surface area contributed by atoms with Gasteiger partial charge in [0, 0.05) is 28.2 Å². The Morgan fingerprint density at radius 2 is 1.08 bits per heavy atom. The second-order valence-corrected chi connectivity index (χ2v) is 5.74. The SMILES string of the molecule is COc1cccc(N(C)C)c1O[B]Oc1c(OC)cccc1N(C)C. The molecule has 6 nitrogen and oxygen atoms in total. The smallest absolute Gasteiger partial charge is 0.522 e. The third kappa shape index (κ3) is 4.23. The van der Waals surface area contributed by atoms with Gasteiger partial charge in [0.2, 0.25) is 0 Å². The molecule has 2 rings (SSSR count). The summed E-state index contributed by atoms with van der Waals surface area (Å²) in [4.78, 5) is 3.89. The summed E-state index contributed by atoms with van der Waals surface area (Å²) in [5.41, 5.74) is 1.76. The Balaban J connectivity index is 2.22. The molecule has 0 unspecified atom stereocenters. The molecule has 0 saturated carbocycles. The summed E-state index contributed by atoms with van der Waals surface area (Å²) < 4.78 is 22.3. The van der Waals surface area contributed by atoms with E-state index in [0.717, 1.165) is 11.4 Å². The number of nitrogens with zero attached hydrogens (tertiary/aromatic N) is 2. The third-order valence-electron chi connectivity index (χ3n) is 3.65. The molecule has 25 heavy (non-hydrogen) atoms. The van der Waals surface area contributed by atoms with Crippen molar-refractivity contribution in [2.45, 2.75) is 0 Å². The van der Waals surface area contributed by atoms with Crippen molar-refractivity contribution in [3.63, 3.8) is 0 Å². The zero-order valence-corrected chi connectivity index (χ0v) is 15.6. The molecule has 0 fully saturated rings. The minimum absolute atomic E-state index is 0.580. The number of methoxy groups -OCH3 is 2. The third-order valence-corrected chi connectivity index (χ3v) is 3.65. The molecular formula is C18H24BN2O4. The average molecular weight is 343 g/mol. The molecular weight excluding hydrogens is 319 g/mol. The van der Waals surface area contributed by atoms with E-state index >= 15 is 0 Å². The van der Waals surface area contributed by atoms with E-state index in [2.05, 4.69) is 0 Å². The first-order chi connectivity index (χ1) is 12.0. The molecule has 0 amide bonds. The summed E-state index contributed by atoms with van der Waals surface area (Å²) in [5, 5.41) is 0. The highest BCUT2D eigenvalue weighted by Crippen LogP contribution is 2.38. The summed E-state index contributed by atoms with van der Waals surface area (Å²) in [6.45, 7) is 0. The van der Waals surface area contributed by atoms with Crippen molar-refractivity contribution in [2.75, 3.05) is 52.2 Å². The molecule has 0 atom stereocenters. The second kappa shape index (κ2) is 8.42. The van der Waals surface area contributed by atoms with Gasteiger partial charge in [0.25, 0.3) is 0 Å². The fraction of sp³-hybridized carbons (Fsp3) is 0.333. The van der Waals surface area contributed by atoms with Crippen molar-refractivity contribution in [1.29, 1.82) is 0 Å². The maximum atomic E-state index is 5.77. The predicted molar refractivity (Wildman–Crippen MR) is 102 cm³/mol. The zero-order valence-electron chi connectivity index (χ0n) is 15.6. The van der Waals surface area contributed by atoms with Gasteiger partial charge in [-0.1, -0.05) is 12.1 Å². The molecule has 2 aromatic carbocycles. The van der Waals surface area contributed by atoms with E-state index in [1.165, 1.54) is 7.69 Å². The van der Waals surface area contributed by atoms with Crippen LogP contribution in [0.25, 0.3) is 0 Å². The van der Waals surface area contributed by atoms with Gasteiger partial charge in [-0.15, -0.1) is 0 Å². The summed E-state index contributed by atoms with van der Waals surface area (Å²) in [7, 11) is 12.2. The number of para-hydroxylation sites is 2. The molecule has 0 heterocycles. The number of benzene rings is 2. The van der Waals surface area contributed by atoms with E-state index in [1.807, 2.05) is 74.4 Å². The quantitative estimate of drug-likeness (QED) is 0.687. The molecule has 0 bridgehead atoms. The highest BCUT2D eigenvalue weighted by Gasteiger charge is 2.17. The van der Waals surface area contributed by atoms with Crippen molar-refractivity contribution < 1.29 is 18.8 Å². The maximum absolute atomic E-state index is 5.77. The molecule has 0 aliphatic rings. The second-order valence-electron chi connectivity index (χ2n) is 5.74. The normalized spacial score (nSPS) is 10.0. The van der Waals surface area contributed by atoms with E-state index in [-0.39, 0.29) is 0 Å². The Kier molecular flexibility index (Phi) is 6.28. The number of hydrogen-bond donors (Lipinski definition) is 0. The van der Waals surface area contributed by atoms with Gasteiger partial charge in [0.05, 0.1) is 25.6 Å². The van der Waals surface area contributed by atoms with Crippen LogP contribution in [0.2, 0.25) is 0 Å². The van der Waals surface area contributed by atoms with E-state index < -0.39 is 0 Å². The van der Waals surface area contributed by atoms with Gasteiger partial charge in [-0.05, 0) is 24.3 Å². The van der Waals surface area contributed by atoms with Crippen LogP contribution in [-0.4, -0.2) is 50.1 Å². The molecule has 1 radical (unpaired) electrons. The van der Waals surface area contributed by atoms with Crippen molar-refractivity contribution in [2.24, 2.45) is 0 Å². The van der Waals surface area contributed by atoms with Crippen LogP contribution >= 0.6 is 0 Å². The van der Waals surface area contributed by atoms with Gasteiger partial charge in [-0.25, -0.2) is 0 Å². The Hall–Kier alpha value is -2.70. The lowest BCUT2D eigenvalue weighted by molar-refractivity contribution is 0.370. The highest BCUT2D eigenvalue weighted by molar-refractivity contribution is 6.21. The van der Waals surface area contributed by atoms with E-state index in [9.17, 15) is 0 Å². The Labute approximate surface area is 150 Å². The first kappa shape index (κ1) is 18.6. The van der Waals surface area contributed by atoms with Gasteiger partial charge in [0.1, 0.15) is 0 Å².